The summed E-state index contributed by atoms with van der Waals surface area (Å²) in [4.78, 5) is 14.7. The molecule has 5 heteroatoms. The summed E-state index contributed by atoms with van der Waals surface area (Å²) in [6.07, 6.45) is 8.86. The molecule has 0 heterocycles. The smallest absolute Gasteiger partial charge is 0.307 e. The molecule has 0 atom stereocenters. The first-order chi connectivity index (χ1) is 14.1. The van der Waals surface area contributed by atoms with Crippen LogP contribution in [0.3, 0.4) is 0 Å². The van der Waals surface area contributed by atoms with Crippen LogP contribution in [0.15, 0.2) is 35.7 Å². The van der Waals surface area contributed by atoms with Gasteiger partial charge in [-0.15, -0.1) is 0 Å². The summed E-state index contributed by atoms with van der Waals surface area (Å²) in [5, 5.41) is 5.09. The van der Waals surface area contributed by atoms with Crippen LogP contribution in [0, 0.1) is 0 Å². The number of aryl methyl sites for hydroxylation is 2. The minimum Gasteiger partial charge on any atom is -0.307 e. The molecule has 0 bridgehead atoms. The van der Waals surface area contributed by atoms with Gasteiger partial charge in [0.05, 0.1) is 0 Å². The van der Waals surface area contributed by atoms with Gasteiger partial charge in [0.25, 0.3) is 0 Å². The SMILES string of the molecule is CN(C)Cc1cccc(/C=C/SNC(=O)Nc2c3c(cc4c2CCC4)CCC3)c1. The number of hydrogen-bond donors (Lipinski definition) is 2. The summed E-state index contributed by atoms with van der Waals surface area (Å²) < 4.78 is 2.90. The maximum absolute atomic E-state index is 12.5. The molecular weight excluding hydrogens is 378 g/mol. The van der Waals surface area contributed by atoms with E-state index in [0.717, 1.165) is 43.5 Å². The van der Waals surface area contributed by atoms with Crippen molar-refractivity contribution in [3.05, 3.63) is 69.1 Å². The molecule has 0 unspecified atom stereocenters. The molecule has 2 aliphatic carbocycles. The van der Waals surface area contributed by atoms with E-state index in [4.69, 9.17) is 0 Å². The predicted molar refractivity (Wildman–Crippen MR) is 123 cm³/mol. The van der Waals surface area contributed by atoms with E-state index >= 15 is 0 Å². The molecule has 2 amide bonds. The number of nitrogens with zero attached hydrogens (tertiary/aromatic N) is 1. The molecular formula is C24H29N3OS. The Kier molecular flexibility index (Phi) is 6.26. The maximum atomic E-state index is 12.5. The average molecular weight is 408 g/mol. The number of nitrogens with one attached hydrogen (secondary N) is 2. The van der Waals surface area contributed by atoms with Crippen molar-refractivity contribution in [1.29, 1.82) is 0 Å². The highest BCUT2D eigenvalue weighted by Crippen LogP contribution is 2.38. The number of carbonyl (C=O) groups is 1. The van der Waals surface area contributed by atoms with Crippen LogP contribution in [0.5, 0.6) is 0 Å². The van der Waals surface area contributed by atoms with Crippen LogP contribution in [0.25, 0.3) is 6.08 Å². The fourth-order valence-corrected chi connectivity index (χ4v) is 4.92. The van der Waals surface area contributed by atoms with E-state index in [9.17, 15) is 4.79 Å². The zero-order valence-electron chi connectivity index (χ0n) is 17.3. The molecule has 152 valence electrons. The summed E-state index contributed by atoms with van der Waals surface area (Å²) in [7, 11) is 4.14. The second-order valence-corrected chi connectivity index (χ2v) is 8.91. The minimum atomic E-state index is -0.143. The first-order valence-electron chi connectivity index (χ1n) is 10.4. The Morgan fingerprint density at radius 2 is 1.79 bits per heavy atom. The van der Waals surface area contributed by atoms with Crippen LogP contribution >= 0.6 is 11.9 Å². The first-order valence-corrected chi connectivity index (χ1v) is 11.3. The zero-order valence-corrected chi connectivity index (χ0v) is 18.1. The Morgan fingerprint density at radius 3 is 2.48 bits per heavy atom. The van der Waals surface area contributed by atoms with Gasteiger partial charge in [-0.25, -0.2) is 4.79 Å². The van der Waals surface area contributed by atoms with E-state index in [1.807, 2.05) is 11.5 Å². The Morgan fingerprint density at radius 1 is 1.07 bits per heavy atom. The quantitative estimate of drug-likeness (QED) is 0.650. The second-order valence-electron chi connectivity index (χ2n) is 8.19. The molecule has 2 aromatic carbocycles. The normalized spacial score (nSPS) is 15.0. The van der Waals surface area contributed by atoms with Gasteiger partial charge in [-0.1, -0.05) is 30.3 Å². The molecule has 0 aliphatic heterocycles. The molecule has 0 saturated carbocycles. The van der Waals surface area contributed by atoms with Crippen LogP contribution in [-0.2, 0) is 32.2 Å². The van der Waals surface area contributed by atoms with Gasteiger partial charge in [-0.3, -0.25) is 4.72 Å². The van der Waals surface area contributed by atoms with E-state index in [1.54, 1.807) is 0 Å². The highest BCUT2D eigenvalue weighted by atomic mass is 32.2. The number of carbonyl (C=O) groups excluding carboxylic acids is 1. The number of hydrogen-bond acceptors (Lipinski definition) is 3. The van der Waals surface area contributed by atoms with Crippen LogP contribution < -0.4 is 10.0 Å². The van der Waals surface area contributed by atoms with E-state index in [1.165, 1.54) is 52.6 Å². The van der Waals surface area contributed by atoms with Crippen molar-refractivity contribution in [2.24, 2.45) is 0 Å². The zero-order chi connectivity index (χ0) is 20.2. The van der Waals surface area contributed by atoms with E-state index in [-0.39, 0.29) is 6.03 Å². The van der Waals surface area contributed by atoms with Crippen LogP contribution in [0.2, 0.25) is 0 Å². The van der Waals surface area contributed by atoms with E-state index in [2.05, 4.69) is 59.4 Å². The Bertz CT molecular complexity index is 904. The topological polar surface area (TPSA) is 44.4 Å². The van der Waals surface area contributed by atoms with Crippen molar-refractivity contribution >= 4 is 29.7 Å². The van der Waals surface area contributed by atoms with Gasteiger partial charge in [-0.2, -0.15) is 0 Å². The molecule has 2 N–H and O–H groups in total. The molecule has 0 aromatic heterocycles. The fraction of sp³-hybridized carbons (Fsp3) is 0.375. The number of anilines is 1. The summed E-state index contributed by atoms with van der Waals surface area (Å²) in [5.74, 6) is 0. The Balaban J connectivity index is 1.35. The average Bonchev–Trinajstić information content (AvgIpc) is 3.34. The fourth-order valence-electron chi connectivity index (χ4n) is 4.47. The number of fused-ring (bicyclic) bond motifs is 2. The van der Waals surface area contributed by atoms with Crippen molar-refractivity contribution in [2.75, 3.05) is 19.4 Å². The van der Waals surface area contributed by atoms with Gasteiger partial charge in [0.1, 0.15) is 0 Å². The lowest BCUT2D eigenvalue weighted by atomic mass is 9.99. The Hall–Kier alpha value is -2.24. The second kappa shape index (κ2) is 9.06. The van der Waals surface area contributed by atoms with Gasteiger partial charge in [0, 0.05) is 12.2 Å². The van der Waals surface area contributed by atoms with Crippen molar-refractivity contribution in [3.8, 4) is 0 Å². The lowest BCUT2D eigenvalue weighted by Crippen LogP contribution is -2.23. The lowest BCUT2D eigenvalue weighted by Gasteiger charge is -2.16. The number of amides is 2. The largest absolute Gasteiger partial charge is 0.329 e. The van der Waals surface area contributed by atoms with Gasteiger partial charge < -0.3 is 10.2 Å². The lowest BCUT2D eigenvalue weighted by molar-refractivity contribution is 0.257. The molecule has 0 radical (unpaired) electrons. The highest BCUT2D eigenvalue weighted by Gasteiger charge is 2.24. The summed E-state index contributed by atoms with van der Waals surface area (Å²) in [6.45, 7) is 0.918. The van der Waals surface area contributed by atoms with E-state index in [0.29, 0.717) is 0 Å². The van der Waals surface area contributed by atoms with Crippen LogP contribution in [0.4, 0.5) is 10.5 Å². The first kappa shape index (κ1) is 20.0. The maximum Gasteiger partial charge on any atom is 0.329 e. The number of urea groups is 1. The summed E-state index contributed by atoms with van der Waals surface area (Å²) in [5.41, 5.74) is 9.10. The Labute approximate surface area is 177 Å². The van der Waals surface area contributed by atoms with Crippen molar-refractivity contribution in [2.45, 2.75) is 45.1 Å². The van der Waals surface area contributed by atoms with Crippen molar-refractivity contribution in [1.82, 2.24) is 9.62 Å². The van der Waals surface area contributed by atoms with Crippen LogP contribution in [-0.4, -0.2) is 25.0 Å². The molecule has 4 rings (SSSR count). The third-order valence-electron chi connectivity index (χ3n) is 5.64. The third-order valence-corrected chi connectivity index (χ3v) is 6.22. The monoisotopic (exact) mass is 407 g/mol. The number of rotatable bonds is 6. The van der Waals surface area contributed by atoms with Crippen molar-refractivity contribution in [3.63, 3.8) is 0 Å². The molecule has 29 heavy (non-hydrogen) atoms. The van der Waals surface area contributed by atoms with Gasteiger partial charge in [0.2, 0.25) is 0 Å². The third kappa shape index (κ3) is 4.85. The van der Waals surface area contributed by atoms with Crippen molar-refractivity contribution < 1.29 is 4.79 Å². The van der Waals surface area contributed by atoms with E-state index < -0.39 is 0 Å². The standard InChI is InChI=1S/C24H29N3OS/c1-27(2)16-18-7-3-6-17(14-18)12-13-29-26-24(28)25-23-21-10-4-8-19(21)15-20-9-5-11-22(20)23/h3,6-7,12-15H,4-5,8-11,16H2,1-2H3,(H2,25,26,28)/b13-12+. The van der Waals surface area contributed by atoms with Gasteiger partial charge >= 0.3 is 6.03 Å². The highest BCUT2D eigenvalue weighted by molar-refractivity contribution is 8.00. The van der Waals surface area contributed by atoms with Gasteiger partial charge in [-0.05, 0) is 109 Å². The molecule has 0 spiro atoms. The summed E-state index contributed by atoms with van der Waals surface area (Å²) >= 11 is 1.31. The van der Waals surface area contributed by atoms with Crippen LogP contribution in [0.1, 0.15) is 46.2 Å². The molecule has 2 aromatic rings. The molecule has 0 fully saturated rings. The summed E-state index contributed by atoms with van der Waals surface area (Å²) in [6, 6.07) is 10.7. The number of benzene rings is 2. The molecule has 2 aliphatic rings. The van der Waals surface area contributed by atoms with Gasteiger partial charge in [0.15, 0.2) is 0 Å². The minimum absolute atomic E-state index is 0.143. The molecule has 4 nitrogen and oxygen atoms in total. The predicted octanol–water partition coefficient (Wildman–Crippen LogP) is 5.17. The molecule has 0 saturated heterocycles.